The molecule has 0 aliphatic carbocycles. The summed E-state index contributed by atoms with van der Waals surface area (Å²) in [5.41, 5.74) is 2.81. The number of unbranched alkanes of at least 4 members (excludes halogenated alkanes) is 1. The maximum atomic E-state index is 12.7. The van der Waals surface area contributed by atoms with Gasteiger partial charge >= 0.3 is 5.97 Å². The molecule has 0 amide bonds. The van der Waals surface area contributed by atoms with Crippen molar-refractivity contribution in [2.45, 2.75) is 104 Å². The van der Waals surface area contributed by atoms with Crippen LogP contribution < -0.4 is 9.46 Å². The Hall–Kier alpha value is -3.59. The van der Waals surface area contributed by atoms with Crippen molar-refractivity contribution in [1.29, 1.82) is 0 Å². The van der Waals surface area contributed by atoms with E-state index in [4.69, 9.17) is 19.4 Å². The molecule has 0 aliphatic heterocycles. The summed E-state index contributed by atoms with van der Waals surface area (Å²) in [5.74, 6) is 1.35. The number of aryl methyl sites for hydroxylation is 2. The van der Waals surface area contributed by atoms with Gasteiger partial charge in [-0.15, -0.1) is 0 Å². The van der Waals surface area contributed by atoms with Gasteiger partial charge in [0.1, 0.15) is 11.4 Å². The lowest BCUT2D eigenvalue weighted by Crippen LogP contribution is -2.36. The zero-order valence-electron chi connectivity index (χ0n) is 28.2. The summed E-state index contributed by atoms with van der Waals surface area (Å²) in [6.07, 6.45) is 9.70. The zero-order valence-corrected chi connectivity index (χ0v) is 29.0. The molecule has 45 heavy (non-hydrogen) atoms. The third-order valence-corrected chi connectivity index (χ3v) is 7.78. The second kappa shape index (κ2) is 17.8. The first kappa shape index (κ1) is 37.6. The molecule has 0 saturated heterocycles. The van der Waals surface area contributed by atoms with Crippen molar-refractivity contribution >= 4 is 30.3 Å². The van der Waals surface area contributed by atoms with Gasteiger partial charge in [-0.25, -0.2) is 9.97 Å². The van der Waals surface area contributed by atoms with E-state index in [1.165, 1.54) is 23.1 Å². The van der Waals surface area contributed by atoms with Crippen molar-refractivity contribution in [3.8, 4) is 5.75 Å². The molecule has 0 radical (unpaired) electrons. The fourth-order valence-corrected chi connectivity index (χ4v) is 5.61. The summed E-state index contributed by atoms with van der Waals surface area (Å²) >= 11 is 1.47. The lowest BCUT2D eigenvalue weighted by Gasteiger charge is -2.35. The van der Waals surface area contributed by atoms with Crippen molar-refractivity contribution in [1.82, 2.24) is 9.97 Å². The van der Waals surface area contributed by atoms with E-state index in [9.17, 15) is 4.79 Å². The predicted octanol–water partition coefficient (Wildman–Crippen LogP) is 8.72. The molecule has 2 aromatic carbocycles. The molecule has 0 bridgehead atoms. The van der Waals surface area contributed by atoms with Gasteiger partial charge in [0.05, 0.1) is 12.0 Å². The van der Waals surface area contributed by atoms with Crippen LogP contribution in [0.1, 0.15) is 90.8 Å². The minimum Gasteiger partial charge on any atom is -0.493 e. The molecule has 0 unspecified atom stereocenters. The second-order valence-electron chi connectivity index (χ2n) is 13.7. The first-order chi connectivity index (χ1) is 21.1. The maximum Gasteiger partial charge on any atom is 0.312 e. The van der Waals surface area contributed by atoms with Gasteiger partial charge in [-0.05, 0) is 126 Å². The van der Waals surface area contributed by atoms with Crippen molar-refractivity contribution in [2.24, 2.45) is 10.8 Å². The van der Waals surface area contributed by atoms with E-state index in [1.807, 2.05) is 65.8 Å². The fourth-order valence-electron chi connectivity index (χ4n) is 5.02. The molecule has 0 spiro atoms. The molecule has 0 saturated carbocycles. The number of ether oxygens (including phenoxy) is 2. The van der Waals surface area contributed by atoms with E-state index in [1.54, 1.807) is 12.4 Å². The summed E-state index contributed by atoms with van der Waals surface area (Å²) in [4.78, 5) is 30.6. The van der Waals surface area contributed by atoms with Gasteiger partial charge in [-0.2, -0.15) is 0 Å². The van der Waals surface area contributed by atoms with Crippen molar-refractivity contribution in [2.75, 3.05) is 11.3 Å². The van der Waals surface area contributed by atoms with Gasteiger partial charge in [0.15, 0.2) is 0 Å². The predicted molar refractivity (Wildman–Crippen MR) is 183 cm³/mol. The number of anilines is 1. The van der Waals surface area contributed by atoms with E-state index in [-0.39, 0.29) is 17.9 Å². The molecular formula is C36H51N3O5S. The fraction of sp³-hybridized carbons (Fsp3) is 0.500. The first-order valence-electron chi connectivity index (χ1n) is 15.5. The summed E-state index contributed by atoms with van der Waals surface area (Å²) in [5, 5.41) is 6.89. The van der Waals surface area contributed by atoms with E-state index in [2.05, 4.69) is 52.8 Å². The van der Waals surface area contributed by atoms with E-state index in [0.29, 0.717) is 12.6 Å². The minimum atomic E-state index is -0.492. The Morgan fingerprint density at radius 2 is 1.44 bits per heavy atom. The summed E-state index contributed by atoms with van der Waals surface area (Å²) < 4.78 is 14.8. The van der Waals surface area contributed by atoms with Crippen LogP contribution in [0.4, 0.5) is 5.95 Å². The number of rotatable bonds is 15. The van der Waals surface area contributed by atoms with Crippen LogP contribution >= 0.6 is 11.9 Å². The molecule has 3 aromatic rings. The Labute approximate surface area is 273 Å². The van der Waals surface area contributed by atoms with Crippen molar-refractivity contribution < 1.29 is 24.2 Å². The van der Waals surface area contributed by atoms with Gasteiger partial charge in [0, 0.05) is 23.7 Å². The Morgan fingerprint density at radius 3 is 2.00 bits per heavy atom. The zero-order chi connectivity index (χ0) is 33.5. The molecule has 8 nitrogen and oxygen atoms in total. The topological polar surface area (TPSA) is 111 Å². The number of benzene rings is 2. The Morgan fingerprint density at radius 1 is 0.889 bits per heavy atom. The molecule has 0 atom stereocenters. The molecule has 0 aliphatic rings. The highest BCUT2D eigenvalue weighted by molar-refractivity contribution is 8.00. The quantitative estimate of drug-likeness (QED) is 0.0731. The van der Waals surface area contributed by atoms with E-state index in [0.717, 1.165) is 54.7 Å². The van der Waals surface area contributed by atoms with Crippen LogP contribution in [0.3, 0.4) is 0 Å². The average Bonchev–Trinajstić information content (AvgIpc) is 2.95. The van der Waals surface area contributed by atoms with Gasteiger partial charge in [-0.1, -0.05) is 44.5 Å². The standard InChI is InChI=1S/C35H49N3O3S.CH2O2/c1-26-23-36-32(37-24-26)38-42-30-18-16-29(17-19-30)40-22-20-28-14-12-27(13-15-28)11-9-10-21-34(5,6)25-35(7,8)31(39)41-33(2,3)4;2-1-3/h12-19,23-24H,9-11,20-22,25H2,1-8H3,(H,36,37,38);1H,(H,2,3). The lowest BCUT2D eigenvalue weighted by atomic mass is 9.72. The summed E-state index contributed by atoms with van der Waals surface area (Å²) in [6.45, 7) is 16.7. The molecule has 246 valence electrons. The molecule has 3 rings (SSSR count). The SMILES string of the molecule is Cc1cnc(NSc2ccc(OCCc3ccc(CCCCC(C)(C)CC(C)(C)C(=O)OC(C)(C)C)cc3)cc2)nc1.O=CO. The monoisotopic (exact) mass is 637 g/mol. The van der Waals surface area contributed by atoms with Crippen LogP contribution in [0, 0.1) is 17.8 Å². The van der Waals surface area contributed by atoms with Crippen LogP contribution in [0.5, 0.6) is 5.75 Å². The van der Waals surface area contributed by atoms with Gasteiger partial charge in [0.25, 0.3) is 6.47 Å². The normalized spacial score (nSPS) is 11.6. The molecular weight excluding hydrogens is 586 g/mol. The number of carboxylic acid groups (broad SMARTS) is 1. The molecule has 2 N–H and O–H groups in total. The van der Waals surface area contributed by atoms with Crippen LogP contribution in [0.2, 0.25) is 0 Å². The number of carbonyl (C=O) groups is 2. The van der Waals surface area contributed by atoms with E-state index >= 15 is 0 Å². The highest BCUT2D eigenvalue weighted by Gasteiger charge is 2.37. The highest BCUT2D eigenvalue weighted by Crippen LogP contribution is 2.39. The molecule has 1 aromatic heterocycles. The number of hydrogen-bond donors (Lipinski definition) is 2. The Kier molecular flexibility index (Phi) is 14.9. The van der Waals surface area contributed by atoms with Gasteiger partial charge in [0.2, 0.25) is 5.95 Å². The van der Waals surface area contributed by atoms with Gasteiger partial charge in [-0.3, -0.25) is 14.3 Å². The molecule has 1 heterocycles. The second-order valence-corrected chi connectivity index (χ2v) is 14.6. The Bertz CT molecular complexity index is 1300. The number of hydrogen-bond acceptors (Lipinski definition) is 8. The third-order valence-electron chi connectivity index (χ3n) is 6.99. The Balaban J connectivity index is 0.00000226. The summed E-state index contributed by atoms with van der Waals surface area (Å²) in [6, 6.07) is 16.9. The number of carbonyl (C=O) groups excluding carboxylic acids is 1. The first-order valence-corrected chi connectivity index (χ1v) is 16.3. The van der Waals surface area contributed by atoms with Crippen LogP contribution in [-0.2, 0) is 27.2 Å². The lowest BCUT2D eigenvalue weighted by molar-refractivity contribution is -0.167. The van der Waals surface area contributed by atoms with Gasteiger partial charge < -0.3 is 14.6 Å². The number of esters is 1. The molecule has 9 heteroatoms. The molecule has 0 fully saturated rings. The smallest absolute Gasteiger partial charge is 0.312 e. The van der Waals surface area contributed by atoms with Crippen LogP contribution in [0.25, 0.3) is 0 Å². The largest absolute Gasteiger partial charge is 0.493 e. The number of nitrogens with one attached hydrogen (secondary N) is 1. The maximum absolute atomic E-state index is 12.7. The van der Waals surface area contributed by atoms with Crippen molar-refractivity contribution in [3.63, 3.8) is 0 Å². The highest BCUT2D eigenvalue weighted by atomic mass is 32.2. The number of aromatic nitrogens is 2. The van der Waals surface area contributed by atoms with Crippen LogP contribution in [0.15, 0.2) is 65.8 Å². The average molecular weight is 638 g/mol. The van der Waals surface area contributed by atoms with Crippen molar-refractivity contribution in [3.05, 3.63) is 77.6 Å². The van der Waals surface area contributed by atoms with E-state index < -0.39 is 11.0 Å². The number of nitrogens with zero attached hydrogens (tertiary/aromatic N) is 2. The summed E-state index contributed by atoms with van der Waals surface area (Å²) in [7, 11) is 0. The third kappa shape index (κ3) is 15.3. The minimum absolute atomic E-state index is 0.0801. The van der Waals surface area contributed by atoms with Crippen LogP contribution in [-0.4, -0.2) is 39.7 Å².